The zero-order valence-electron chi connectivity index (χ0n) is 11.6. The molecule has 1 aliphatic carbocycles. The first-order chi connectivity index (χ1) is 9.67. The molecule has 0 saturated heterocycles. The minimum atomic E-state index is -1.05. The highest BCUT2D eigenvalue weighted by Gasteiger charge is 2.40. The van der Waals surface area contributed by atoms with Gasteiger partial charge in [0, 0.05) is 5.92 Å². The summed E-state index contributed by atoms with van der Waals surface area (Å²) in [6, 6.07) is 16.0. The van der Waals surface area contributed by atoms with Crippen molar-refractivity contribution < 1.29 is 5.11 Å². The van der Waals surface area contributed by atoms with E-state index >= 15 is 0 Å². The van der Waals surface area contributed by atoms with E-state index in [0.717, 1.165) is 22.3 Å². The van der Waals surface area contributed by atoms with Gasteiger partial charge in [0.25, 0.3) is 0 Å². The summed E-state index contributed by atoms with van der Waals surface area (Å²) < 4.78 is 0. The number of hydrogen-bond acceptors (Lipinski definition) is 2. The molecule has 102 valence electrons. The molecule has 0 amide bonds. The molecule has 0 fully saturated rings. The SMILES string of the molecule is C[C@H](CN)C1(O)c2ccccc2C=Cc2ccccc21. The fourth-order valence-corrected chi connectivity index (χ4v) is 3.01. The van der Waals surface area contributed by atoms with E-state index in [1.54, 1.807) is 0 Å². The number of nitrogens with two attached hydrogens (primary N) is 1. The molecule has 1 atom stereocenters. The maximum Gasteiger partial charge on any atom is 0.119 e. The zero-order valence-corrected chi connectivity index (χ0v) is 11.6. The van der Waals surface area contributed by atoms with Crippen LogP contribution in [0, 0.1) is 5.92 Å². The van der Waals surface area contributed by atoms with Crippen LogP contribution in [0.2, 0.25) is 0 Å². The summed E-state index contributed by atoms with van der Waals surface area (Å²) in [5, 5.41) is 11.5. The van der Waals surface area contributed by atoms with E-state index in [4.69, 9.17) is 5.73 Å². The summed E-state index contributed by atoms with van der Waals surface area (Å²) in [6.07, 6.45) is 4.13. The van der Waals surface area contributed by atoms with Gasteiger partial charge in [0.15, 0.2) is 0 Å². The molecule has 2 aromatic carbocycles. The Morgan fingerprint density at radius 2 is 1.40 bits per heavy atom. The van der Waals surface area contributed by atoms with E-state index < -0.39 is 5.60 Å². The minimum absolute atomic E-state index is 0.0651. The number of hydrogen-bond donors (Lipinski definition) is 2. The summed E-state index contributed by atoms with van der Waals surface area (Å²) >= 11 is 0. The largest absolute Gasteiger partial charge is 0.380 e. The lowest BCUT2D eigenvalue weighted by Gasteiger charge is -2.36. The fourth-order valence-electron chi connectivity index (χ4n) is 3.01. The Balaban J connectivity index is 2.34. The monoisotopic (exact) mass is 265 g/mol. The molecule has 2 nitrogen and oxygen atoms in total. The van der Waals surface area contributed by atoms with E-state index in [9.17, 15) is 5.11 Å². The molecule has 0 spiro atoms. The average molecular weight is 265 g/mol. The van der Waals surface area contributed by atoms with Crippen molar-refractivity contribution in [1.82, 2.24) is 0 Å². The van der Waals surface area contributed by atoms with Gasteiger partial charge >= 0.3 is 0 Å². The van der Waals surface area contributed by atoms with Gasteiger partial charge in [0.2, 0.25) is 0 Å². The van der Waals surface area contributed by atoms with Crippen LogP contribution in [0.3, 0.4) is 0 Å². The van der Waals surface area contributed by atoms with Crippen LogP contribution in [-0.2, 0) is 5.60 Å². The van der Waals surface area contributed by atoms with Gasteiger partial charge in [0.1, 0.15) is 5.60 Å². The normalized spacial score (nSPS) is 16.9. The van der Waals surface area contributed by atoms with Crippen LogP contribution < -0.4 is 5.73 Å². The Morgan fingerprint density at radius 1 is 0.950 bits per heavy atom. The fraction of sp³-hybridized carbons (Fsp3) is 0.222. The summed E-state index contributed by atoms with van der Waals surface area (Å²) in [4.78, 5) is 0. The van der Waals surface area contributed by atoms with Gasteiger partial charge in [-0.25, -0.2) is 0 Å². The van der Waals surface area contributed by atoms with Gasteiger partial charge in [-0.2, -0.15) is 0 Å². The van der Waals surface area contributed by atoms with Gasteiger partial charge in [-0.3, -0.25) is 0 Å². The molecule has 3 N–H and O–H groups in total. The molecule has 1 aliphatic rings. The summed E-state index contributed by atoms with van der Waals surface area (Å²) in [7, 11) is 0. The first-order valence-corrected chi connectivity index (χ1v) is 6.97. The number of rotatable bonds is 2. The molecule has 0 heterocycles. The van der Waals surface area contributed by atoms with Crippen molar-refractivity contribution in [2.45, 2.75) is 12.5 Å². The summed E-state index contributed by atoms with van der Waals surface area (Å²) in [5.41, 5.74) is 8.78. The van der Waals surface area contributed by atoms with Crippen LogP contribution in [0.1, 0.15) is 29.2 Å². The lowest BCUT2D eigenvalue weighted by atomic mass is 9.75. The molecular weight excluding hydrogens is 246 g/mol. The van der Waals surface area contributed by atoms with E-state index in [2.05, 4.69) is 12.2 Å². The van der Waals surface area contributed by atoms with Crippen molar-refractivity contribution in [2.75, 3.05) is 6.54 Å². The highest BCUT2D eigenvalue weighted by atomic mass is 16.3. The standard InChI is InChI=1S/C18H19NO/c1-13(12-19)18(20)16-8-4-2-6-14(16)10-11-15-7-3-5-9-17(15)18/h2-11,13,20H,12,19H2,1H3/t13-/m1/s1. The van der Waals surface area contributed by atoms with Gasteiger partial charge in [-0.05, 0) is 28.8 Å². The molecule has 0 bridgehead atoms. The molecule has 0 radical (unpaired) electrons. The molecule has 20 heavy (non-hydrogen) atoms. The molecule has 0 saturated carbocycles. The van der Waals surface area contributed by atoms with Gasteiger partial charge in [-0.15, -0.1) is 0 Å². The number of aliphatic hydroxyl groups is 1. The molecule has 3 rings (SSSR count). The Kier molecular flexibility index (Phi) is 3.20. The smallest absolute Gasteiger partial charge is 0.119 e. The Morgan fingerprint density at radius 3 is 1.85 bits per heavy atom. The third-order valence-corrected chi connectivity index (χ3v) is 4.25. The lowest BCUT2D eigenvalue weighted by Crippen LogP contribution is -2.39. The maximum absolute atomic E-state index is 11.5. The van der Waals surface area contributed by atoms with Crippen molar-refractivity contribution >= 4 is 12.2 Å². The molecule has 2 heteroatoms. The van der Waals surface area contributed by atoms with Gasteiger partial charge < -0.3 is 10.8 Å². The van der Waals surface area contributed by atoms with Crippen molar-refractivity contribution in [3.8, 4) is 0 Å². The van der Waals surface area contributed by atoms with Crippen LogP contribution in [-0.4, -0.2) is 11.7 Å². The molecular formula is C18H19NO. The second-order valence-corrected chi connectivity index (χ2v) is 5.41. The predicted octanol–water partition coefficient (Wildman–Crippen LogP) is 3.00. The van der Waals surface area contributed by atoms with Crippen LogP contribution in [0.4, 0.5) is 0 Å². The Bertz CT molecular complexity index is 610. The highest BCUT2D eigenvalue weighted by Crippen LogP contribution is 2.42. The first kappa shape index (κ1) is 13.1. The second kappa shape index (κ2) is 4.89. The molecule has 0 unspecified atom stereocenters. The molecule has 0 aliphatic heterocycles. The second-order valence-electron chi connectivity index (χ2n) is 5.41. The summed E-state index contributed by atoms with van der Waals surface area (Å²) in [6.45, 7) is 2.43. The van der Waals surface area contributed by atoms with E-state index in [0.29, 0.717) is 6.54 Å². The zero-order chi connectivity index (χ0) is 14.2. The van der Waals surface area contributed by atoms with Crippen molar-refractivity contribution in [3.05, 3.63) is 70.8 Å². The maximum atomic E-state index is 11.5. The van der Waals surface area contributed by atoms with Crippen LogP contribution in [0.15, 0.2) is 48.5 Å². The Labute approximate surface area is 119 Å². The van der Waals surface area contributed by atoms with Gasteiger partial charge in [0.05, 0.1) is 0 Å². The molecule has 2 aromatic rings. The van der Waals surface area contributed by atoms with Crippen LogP contribution in [0.5, 0.6) is 0 Å². The quantitative estimate of drug-likeness (QED) is 0.877. The van der Waals surface area contributed by atoms with Crippen molar-refractivity contribution in [2.24, 2.45) is 11.7 Å². The first-order valence-electron chi connectivity index (χ1n) is 6.97. The van der Waals surface area contributed by atoms with E-state index in [1.807, 2.05) is 55.5 Å². The number of benzene rings is 2. The highest BCUT2D eigenvalue weighted by molar-refractivity contribution is 5.77. The third-order valence-electron chi connectivity index (χ3n) is 4.25. The van der Waals surface area contributed by atoms with E-state index in [-0.39, 0.29) is 5.92 Å². The topological polar surface area (TPSA) is 46.2 Å². The summed E-state index contributed by atoms with van der Waals surface area (Å²) in [5.74, 6) is -0.0651. The Hall–Kier alpha value is -1.90. The van der Waals surface area contributed by atoms with Crippen LogP contribution >= 0.6 is 0 Å². The lowest BCUT2D eigenvalue weighted by molar-refractivity contribution is 0.0275. The van der Waals surface area contributed by atoms with Crippen molar-refractivity contribution in [3.63, 3.8) is 0 Å². The molecule has 0 aromatic heterocycles. The van der Waals surface area contributed by atoms with E-state index in [1.165, 1.54) is 0 Å². The van der Waals surface area contributed by atoms with Gasteiger partial charge in [-0.1, -0.05) is 67.6 Å². The van der Waals surface area contributed by atoms with Crippen LogP contribution in [0.25, 0.3) is 12.2 Å². The predicted molar refractivity (Wildman–Crippen MR) is 83.0 cm³/mol. The van der Waals surface area contributed by atoms with Crippen molar-refractivity contribution in [1.29, 1.82) is 0 Å². The average Bonchev–Trinajstić information content (AvgIpc) is 2.64. The third kappa shape index (κ3) is 1.80. The number of fused-ring (bicyclic) bond motifs is 2. The minimum Gasteiger partial charge on any atom is -0.380 e.